The third-order valence-corrected chi connectivity index (χ3v) is 16.7. The highest BCUT2D eigenvalue weighted by Crippen LogP contribution is 2.58. The molecule has 0 aliphatic heterocycles. The zero-order valence-electron chi connectivity index (χ0n) is 42.2. The average molecular weight is 969 g/mol. The lowest BCUT2D eigenvalue weighted by Gasteiger charge is -2.32. The van der Waals surface area contributed by atoms with Gasteiger partial charge in [0.05, 0.1) is 56.4 Å². The number of nitriles is 4. The highest BCUT2D eigenvalue weighted by molar-refractivity contribution is 6.29. The fraction of sp³-hybridized carbons (Fsp3) is 0.0857. The minimum Gasteiger partial charge on any atom is -0.309 e. The van der Waals surface area contributed by atoms with E-state index < -0.39 is 0 Å². The summed E-state index contributed by atoms with van der Waals surface area (Å²) in [5.74, 6) is 0. The summed E-state index contributed by atoms with van der Waals surface area (Å²) in [6.45, 7) is 9.21. The van der Waals surface area contributed by atoms with Crippen LogP contribution in [-0.2, 0) is 10.8 Å². The molecule has 14 rings (SSSR count). The van der Waals surface area contributed by atoms with Crippen LogP contribution in [-0.4, -0.2) is 0 Å². The van der Waals surface area contributed by atoms with Crippen LogP contribution in [0.3, 0.4) is 0 Å². The number of fused-ring (bicyclic) bond motifs is 8. The highest BCUT2D eigenvalue weighted by Gasteiger charge is 2.40. The summed E-state index contributed by atoms with van der Waals surface area (Å²) in [5.41, 5.74) is 16.3. The molecule has 2 aliphatic rings. The van der Waals surface area contributed by atoms with Crippen molar-refractivity contribution in [2.24, 2.45) is 0 Å². The molecule has 12 aromatic carbocycles. The van der Waals surface area contributed by atoms with Crippen LogP contribution in [0.4, 0.5) is 34.1 Å². The second-order valence-electron chi connectivity index (χ2n) is 21.2. The van der Waals surface area contributed by atoms with E-state index in [1.54, 1.807) is 0 Å². The van der Waals surface area contributed by atoms with Crippen LogP contribution in [0.5, 0.6) is 0 Å². The van der Waals surface area contributed by atoms with Gasteiger partial charge in [-0.1, -0.05) is 161 Å². The lowest BCUT2D eigenvalue weighted by molar-refractivity contribution is 0.660. The van der Waals surface area contributed by atoms with Crippen molar-refractivity contribution in [3.63, 3.8) is 0 Å². The van der Waals surface area contributed by atoms with Gasteiger partial charge in [-0.05, 0) is 126 Å². The second-order valence-corrected chi connectivity index (χ2v) is 21.2. The predicted molar refractivity (Wildman–Crippen MR) is 309 cm³/mol. The van der Waals surface area contributed by atoms with E-state index in [0.29, 0.717) is 22.3 Å². The monoisotopic (exact) mass is 968 g/mol. The molecule has 0 aromatic heterocycles. The zero-order valence-corrected chi connectivity index (χ0v) is 42.2. The first-order chi connectivity index (χ1) is 37.0. The quantitative estimate of drug-likeness (QED) is 0.154. The van der Waals surface area contributed by atoms with Crippen LogP contribution < -0.4 is 9.80 Å². The van der Waals surface area contributed by atoms with Crippen molar-refractivity contribution in [2.45, 2.75) is 38.5 Å². The fourth-order valence-corrected chi connectivity index (χ4v) is 13.2. The molecule has 0 saturated carbocycles. The van der Waals surface area contributed by atoms with E-state index in [-0.39, 0.29) is 10.8 Å². The van der Waals surface area contributed by atoms with Crippen molar-refractivity contribution < 1.29 is 0 Å². The molecule has 0 unspecified atom stereocenters. The summed E-state index contributed by atoms with van der Waals surface area (Å²) in [6, 6.07) is 77.7. The minimum atomic E-state index is -0.262. The van der Waals surface area contributed by atoms with Gasteiger partial charge in [0.15, 0.2) is 0 Å². The SMILES string of the molecule is CC1(C)c2ccccc2-c2c(N(c3cccc4cc(C#N)c(C#N)cc34)c3ccc4ccc5c(N(c6cccc7c6-c6ccccc6C7(C)C)c6cccc7cc(C#N)c(C#N)cc67)ccc6ccc3c4c65)cccc21. The molecule has 0 saturated heterocycles. The van der Waals surface area contributed by atoms with Crippen molar-refractivity contribution in [1.29, 1.82) is 21.0 Å². The molecule has 6 nitrogen and oxygen atoms in total. The summed E-state index contributed by atoms with van der Waals surface area (Å²) in [7, 11) is 0. The average Bonchev–Trinajstić information content (AvgIpc) is 4.02. The van der Waals surface area contributed by atoms with E-state index in [0.717, 1.165) is 99.1 Å². The van der Waals surface area contributed by atoms with Gasteiger partial charge in [-0.25, -0.2) is 0 Å². The molecule has 12 aromatic rings. The first-order valence-electron chi connectivity index (χ1n) is 25.6. The number of anilines is 6. The lowest BCUT2D eigenvalue weighted by Crippen LogP contribution is -2.16. The molecule has 0 N–H and O–H groups in total. The molecule has 76 heavy (non-hydrogen) atoms. The summed E-state index contributed by atoms with van der Waals surface area (Å²) < 4.78 is 0. The first kappa shape index (κ1) is 44.5. The van der Waals surface area contributed by atoms with E-state index in [1.165, 1.54) is 33.4 Å². The van der Waals surface area contributed by atoms with E-state index in [1.807, 2.05) is 48.5 Å². The Morgan fingerprint density at radius 2 is 0.645 bits per heavy atom. The van der Waals surface area contributed by atoms with Crippen LogP contribution >= 0.6 is 0 Å². The second kappa shape index (κ2) is 16.1. The van der Waals surface area contributed by atoms with Crippen molar-refractivity contribution >= 4 is 88.0 Å². The summed E-state index contributed by atoms with van der Waals surface area (Å²) in [4.78, 5) is 4.77. The fourth-order valence-electron chi connectivity index (χ4n) is 13.2. The van der Waals surface area contributed by atoms with Gasteiger partial charge in [-0.2, -0.15) is 21.0 Å². The highest BCUT2D eigenvalue weighted by atomic mass is 15.2. The molecular weight excluding hydrogens is 925 g/mol. The van der Waals surface area contributed by atoms with Crippen LogP contribution in [0.25, 0.3) is 76.1 Å². The zero-order chi connectivity index (χ0) is 51.8. The molecule has 2 aliphatic carbocycles. The van der Waals surface area contributed by atoms with Crippen LogP contribution in [0.2, 0.25) is 0 Å². The Labute approximate surface area is 440 Å². The molecule has 0 spiro atoms. The molecule has 0 bridgehead atoms. The van der Waals surface area contributed by atoms with Gasteiger partial charge >= 0.3 is 0 Å². The van der Waals surface area contributed by atoms with Crippen LogP contribution in [0.15, 0.2) is 194 Å². The van der Waals surface area contributed by atoms with Gasteiger partial charge in [0.25, 0.3) is 0 Å². The topological polar surface area (TPSA) is 102 Å². The normalized spacial score (nSPS) is 13.4. The van der Waals surface area contributed by atoms with E-state index in [4.69, 9.17) is 0 Å². The standard InChI is InChI=1S/C70H44N6/c1-69(2)55-17-7-5-15-49(55)67-57(69)19-11-23-63(67)75(59-21-9-13-43-33-45(37-71)47(39-73)35-53(43)59)61-31-27-41-26-30-52-62(32-28-42-25-29-51(61)65(41)66(42)52)76(60-22-10-14-44-34-46(38-72)48(40-74)36-54(44)60)64-24-12-20-58-68(64)50-16-6-8-18-56(50)70(58,3)4/h5-36H,1-4H3. The Hall–Kier alpha value is -10.2. The number of hydrogen-bond donors (Lipinski definition) is 0. The van der Waals surface area contributed by atoms with Crippen molar-refractivity contribution in [2.75, 3.05) is 9.80 Å². The molecule has 354 valence electrons. The lowest BCUT2D eigenvalue weighted by atomic mass is 9.82. The maximum atomic E-state index is 10.4. The Kier molecular flexibility index (Phi) is 9.44. The largest absolute Gasteiger partial charge is 0.309 e. The molecule has 0 heterocycles. The molecule has 0 radical (unpaired) electrons. The summed E-state index contributed by atoms with van der Waals surface area (Å²) in [6.07, 6.45) is 0. The van der Waals surface area contributed by atoms with Gasteiger partial charge in [0.2, 0.25) is 0 Å². The van der Waals surface area contributed by atoms with Crippen molar-refractivity contribution in [3.8, 4) is 46.5 Å². The molecule has 0 amide bonds. The third-order valence-electron chi connectivity index (χ3n) is 16.7. The molecule has 6 heteroatoms. The van der Waals surface area contributed by atoms with E-state index in [9.17, 15) is 21.0 Å². The van der Waals surface area contributed by atoms with Crippen LogP contribution in [0.1, 0.15) is 72.2 Å². The summed E-state index contributed by atoms with van der Waals surface area (Å²) >= 11 is 0. The molecule has 0 fully saturated rings. The molecular formula is C70H44N6. The predicted octanol–water partition coefficient (Wildman–Crippen LogP) is 17.9. The Morgan fingerprint density at radius 1 is 0.303 bits per heavy atom. The Morgan fingerprint density at radius 3 is 1.07 bits per heavy atom. The van der Waals surface area contributed by atoms with Gasteiger partial charge < -0.3 is 9.80 Å². The van der Waals surface area contributed by atoms with Gasteiger partial charge in [-0.15, -0.1) is 0 Å². The Bertz CT molecular complexity index is 4420. The van der Waals surface area contributed by atoms with E-state index in [2.05, 4.69) is 207 Å². The maximum absolute atomic E-state index is 10.4. The van der Waals surface area contributed by atoms with E-state index >= 15 is 0 Å². The minimum absolute atomic E-state index is 0.262. The smallest absolute Gasteiger partial charge is 0.101 e. The number of nitrogens with zero attached hydrogens (tertiary/aromatic N) is 6. The van der Waals surface area contributed by atoms with Gasteiger partial charge in [0.1, 0.15) is 24.3 Å². The third kappa shape index (κ3) is 6.05. The number of rotatable bonds is 6. The van der Waals surface area contributed by atoms with Gasteiger partial charge in [-0.3, -0.25) is 0 Å². The van der Waals surface area contributed by atoms with Crippen molar-refractivity contribution in [1.82, 2.24) is 0 Å². The maximum Gasteiger partial charge on any atom is 0.101 e. The number of benzene rings is 12. The summed E-state index contributed by atoms with van der Waals surface area (Å²) in [5, 5.41) is 51.2. The number of hydrogen-bond acceptors (Lipinski definition) is 6. The Balaban J connectivity index is 1.08. The first-order valence-corrected chi connectivity index (χ1v) is 25.6. The van der Waals surface area contributed by atoms with Gasteiger partial charge in [0, 0.05) is 43.5 Å². The van der Waals surface area contributed by atoms with Crippen LogP contribution in [0, 0.1) is 45.3 Å². The molecule has 0 atom stereocenters. The van der Waals surface area contributed by atoms with Crippen molar-refractivity contribution in [3.05, 3.63) is 239 Å².